The monoisotopic (exact) mass is 240 g/mol. The Morgan fingerprint density at radius 1 is 1.47 bits per heavy atom. The number of nitrogens with zero attached hydrogens (tertiary/aromatic N) is 1. The highest BCUT2D eigenvalue weighted by atomic mass is 16.5. The van der Waals surface area contributed by atoms with Crippen LogP contribution in [0, 0.1) is 0 Å². The van der Waals surface area contributed by atoms with E-state index in [0.717, 1.165) is 0 Å². The van der Waals surface area contributed by atoms with Crippen molar-refractivity contribution in [3.8, 4) is 0 Å². The Morgan fingerprint density at radius 2 is 2.18 bits per heavy atom. The summed E-state index contributed by atoms with van der Waals surface area (Å²) in [4.78, 5) is 4.06. The van der Waals surface area contributed by atoms with Crippen LogP contribution in [0.25, 0.3) is 0 Å². The van der Waals surface area contributed by atoms with Gasteiger partial charge in [0.15, 0.2) is 0 Å². The van der Waals surface area contributed by atoms with E-state index in [4.69, 9.17) is 16.2 Å². The summed E-state index contributed by atoms with van der Waals surface area (Å²) in [5, 5.41) is 13.0. The number of aliphatic hydroxyl groups is 1. The van der Waals surface area contributed by atoms with E-state index in [0.29, 0.717) is 31.1 Å². The second kappa shape index (κ2) is 5.70. The smallest absolute Gasteiger partial charge is 0.149 e. The number of ether oxygens (including phenoxy) is 1. The maximum absolute atomic E-state index is 10.0. The zero-order valence-corrected chi connectivity index (χ0v) is 10.2. The molecule has 0 radical (unpaired) electrons. The van der Waals surface area contributed by atoms with Crippen molar-refractivity contribution in [3.05, 3.63) is 12.1 Å². The highest BCUT2D eigenvalue weighted by molar-refractivity contribution is 5.61. The standard InChI is InChI=1S/C11H20N4O2/c1-11(16,5-6-17-2)7-14-9-4-3-8(12)10(13)15-9/h3-4,16H,5-7,12H2,1-2H3,(H3,13,14,15). The van der Waals surface area contributed by atoms with Gasteiger partial charge in [-0.2, -0.15) is 0 Å². The number of nitrogen functional groups attached to an aromatic ring is 2. The second-order valence-corrected chi connectivity index (χ2v) is 4.26. The summed E-state index contributed by atoms with van der Waals surface area (Å²) in [6, 6.07) is 3.40. The molecule has 1 aromatic rings. The molecular weight excluding hydrogens is 220 g/mol. The zero-order valence-electron chi connectivity index (χ0n) is 10.2. The normalized spacial score (nSPS) is 14.3. The van der Waals surface area contributed by atoms with E-state index in [1.807, 2.05) is 0 Å². The maximum Gasteiger partial charge on any atom is 0.149 e. The van der Waals surface area contributed by atoms with Crippen LogP contribution >= 0.6 is 0 Å². The third-order valence-corrected chi connectivity index (χ3v) is 2.45. The zero-order chi connectivity index (χ0) is 12.9. The van der Waals surface area contributed by atoms with Crippen molar-refractivity contribution in [2.24, 2.45) is 0 Å². The van der Waals surface area contributed by atoms with Crippen LogP contribution in [0.15, 0.2) is 12.1 Å². The van der Waals surface area contributed by atoms with Crippen LogP contribution < -0.4 is 16.8 Å². The molecule has 0 fully saturated rings. The molecule has 0 saturated heterocycles. The molecule has 0 aliphatic heterocycles. The van der Waals surface area contributed by atoms with Crippen molar-refractivity contribution in [3.63, 3.8) is 0 Å². The molecule has 1 atom stereocenters. The largest absolute Gasteiger partial charge is 0.396 e. The minimum Gasteiger partial charge on any atom is -0.396 e. The first kappa shape index (κ1) is 13.5. The van der Waals surface area contributed by atoms with E-state index in [1.165, 1.54) is 0 Å². The quantitative estimate of drug-likeness (QED) is 0.575. The molecule has 6 nitrogen and oxygen atoms in total. The van der Waals surface area contributed by atoms with Gasteiger partial charge in [-0.15, -0.1) is 0 Å². The SMILES string of the molecule is COCCC(C)(O)CNc1ccc(N)c(N)n1. The number of nitrogens with two attached hydrogens (primary N) is 2. The number of aromatic nitrogens is 1. The maximum atomic E-state index is 10.0. The Hall–Kier alpha value is -1.53. The van der Waals surface area contributed by atoms with Gasteiger partial charge in [-0.25, -0.2) is 4.98 Å². The van der Waals surface area contributed by atoms with E-state index >= 15 is 0 Å². The average Bonchev–Trinajstić information content (AvgIpc) is 2.28. The van der Waals surface area contributed by atoms with Gasteiger partial charge in [0.2, 0.25) is 0 Å². The van der Waals surface area contributed by atoms with Gasteiger partial charge in [0, 0.05) is 26.7 Å². The summed E-state index contributed by atoms with van der Waals surface area (Å²) in [6.07, 6.45) is 0.543. The van der Waals surface area contributed by atoms with Crippen molar-refractivity contribution >= 4 is 17.3 Å². The molecule has 0 spiro atoms. The Bertz CT molecular complexity index is 368. The third kappa shape index (κ3) is 4.46. The van der Waals surface area contributed by atoms with Gasteiger partial charge in [-0.1, -0.05) is 0 Å². The molecule has 6 N–H and O–H groups in total. The van der Waals surface area contributed by atoms with Crippen molar-refractivity contribution in [2.45, 2.75) is 18.9 Å². The predicted molar refractivity (Wildman–Crippen MR) is 68.7 cm³/mol. The first-order chi connectivity index (χ1) is 7.94. The molecule has 0 aliphatic rings. The summed E-state index contributed by atoms with van der Waals surface area (Å²) in [5.74, 6) is 0.876. The minimum atomic E-state index is -0.853. The Kier molecular flexibility index (Phi) is 4.53. The number of pyridine rings is 1. The van der Waals surface area contributed by atoms with Crippen LogP contribution in [0.4, 0.5) is 17.3 Å². The molecule has 1 unspecified atom stereocenters. The van der Waals surface area contributed by atoms with Crippen LogP contribution in [-0.4, -0.2) is 36.0 Å². The molecule has 1 rings (SSSR count). The van der Waals surface area contributed by atoms with Crippen molar-refractivity contribution in [1.82, 2.24) is 4.98 Å². The van der Waals surface area contributed by atoms with Crippen LogP contribution in [0.1, 0.15) is 13.3 Å². The van der Waals surface area contributed by atoms with E-state index < -0.39 is 5.60 Å². The minimum absolute atomic E-state index is 0.284. The molecule has 96 valence electrons. The third-order valence-electron chi connectivity index (χ3n) is 2.45. The van der Waals surface area contributed by atoms with Gasteiger partial charge in [-0.05, 0) is 19.1 Å². The topological polar surface area (TPSA) is 106 Å². The highest BCUT2D eigenvalue weighted by Crippen LogP contribution is 2.16. The fourth-order valence-electron chi connectivity index (χ4n) is 1.28. The highest BCUT2D eigenvalue weighted by Gasteiger charge is 2.19. The Morgan fingerprint density at radius 3 is 2.76 bits per heavy atom. The van der Waals surface area contributed by atoms with Gasteiger partial charge in [-0.3, -0.25) is 0 Å². The van der Waals surface area contributed by atoms with Gasteiger partial charge < -0.3 is 26.6 Å². The molecule has 1 heterocycles. The molecule has 0 bridgehead atoms. The van der Waals surface area contributed by atoms with E-state index in [2.05, 4.69) is 10.3 Å². The number of hydrogen-bond donors (Lipinski definition) is 4. The molecule has 0 aromatic carbocycles. The number of nitrogens with one attached hydrogen (secondary N) is 1. The summed E-state index contributed by atoms with van der Waals surface area (Å²) in [6.45, 7) is 2.61. The molecule has 1 aromatic heterocycles. The summed E-state index contributed by atoms with van der Waals surface area (Å²) < 4.78 is 4.92. The summed E-state index contributed by atoms with van der Waals surface area (Å²) in [5.41, 5.74) is 10.7. The average molecular weight is 240 g/mol. The molecule has 0 aliphatic carbocycles. The second-order valence-electron chi connectivity index (χ2n) is 4.26. The molecule has 6 heteroatoms. The molecule has 0 saturated carbocycles. The number of methoxy groups -OCH3 is 1. The van der Waals surface area contributed by atoms with Crippen molar-refractivity contribution < 1.29 is 9.84 Å². The van der Waals surface area contributed by atoms with Gasteiger partial charge >= 0.3 is 0 Å². The number of hydrogen-bond acceptors (Lipinski definition) is 6. The Labute approximate surface area is 101 Å². The lowest BCUT2D eigenvalue weighted by atomic mass is 10.0. The van der Waals surface area contributed by atoms with Gasteiger partial charge in [0.1, 0.15) is 11.6 Å². The lowest BCUT2D eigenvalue weighted by Gasteiger charge is -2.23. The van der Waals surface area contributed by atoms with E-state index in [1.54, 1.807) is 26.2 Å². The number of rotatable bonds is 6. The Balaban J connectivity index is 2.51. The van der Waals surface area contributed by atoms with Crippen LogP contribution in [0.5, 0.6) is 0 Å². The van der Waals surface area contributed by atoms with E-state index in [-0.39, 0.29) is 5.82 Å². The predicted octanol–water partition coefficient (Wildman–Crippen LogP) is 0.445. The van der Waals surface area contributed by atoms with Crippen molar-refractivity contribution in [2.75, 3.05) is 37.0 Å². The summed E-state index contributed by atoms with van der Waals surface area (Å²) >= 11 is 0. The molecule has 0 amide bonds. The first-order valence-corrected chi connectivity index (χ1v) is 5.42. The van der Waals surface area contributed by atoms with Crippen LogP contribution in [0.2, 0.25) is 0 Å². The molecule has 17 heavy (non-hydrogen) atoms. The van der Waals surface area contributed by atoms with Crippen molar-refractivity contribution in [1.29, 1.82) is 0 Å². The first-order valence-electron chi connectivity index (χ1n) is 5.42. The van der Waals surface area contributed by atoms with Gasteiger partial charge in [0.25, 0.3) is 0 Å². The lowest BCUT2D eigenvalue weighted by Crippen LogP contribution is -2.34. The fraction of sp³-hybridized carbons (Fsp3) is 0.545. The van der Waals surface area contributed by atoms with E-state index in [9.17, 15) is 5.11 Å². The number of anilines is 3. The van der Waals surface area contributed by atoms with Crippen LogP contribution in [0.3, 0.4) is 0 Å². The summed E-state index contributed by atoms with van der Waals surface area (Å²) in [7, 11) is 1.60. The molecular formula is C11H20N4O2. The van der Waals surface area contributed by atoms with Gasteiger partial charge in [0.05, 0.1) is 11.3 Å². The van der Waals surface area contributed by atoms with Crippen LogP contribution in [-0.2, 0) is 4.74 Å². The lowest BCUT2D eigenvalue weighted by molar-refractivity contribution is 0.0357. The fourth-order valence-corrected chi connectivity index (χ4v) is 1.28.